The largest absolute Gasteiger partial charge is 0.387 e. The molecule has 1 aromatic heterocycles. The molecule has 58 heavy (non-hydrogen) atoms. The number of rotatable bonds is 6. The summed E-state index contributed by atoms with van der Waals surface area (Å²) in [5.74, 6) is -3.23. The van der Waals surface area contributed by atoms with Crippen LogP contribution in [0.2, 0.25) is 0 Å². The zero-order valence-electron chi connectivity index (χ0n) is 31.6. The van der Waals surface area contributed by atoms with E-state index in [1.54, 1.807) is 54.6 Å². The van der Waals surface area contributed by atoms with Gasteiger partial charge in [0.05, 0.1) is 57.7 Å². The molecule has 1 aliphatic carbocycles. The number of aliphatic hydroxyl groups is 1. The molecule has 7 aromatic rings. The predicted molar refractivity (Wildman–Crippen MR) is 221 cm³/mol. The smallest absolute Gasteiger partial charge is 0.266 e. The van der Waals surface area contributed by atoms with Crippen molar-refractivity contribution in [3.05, 3.63) is 177 Å². The maximum Gasteiger partial charge on any atom is 0.266 e. The van der Waals surface area contributed by atoms with Crippen LogP contribution in [0.4, 0.5) is 5.69 Å². The number of aliphatic hydroxyl groups excluding tert-OH is 1. The third kappa shape index (κ3) is 5.15. The third-order valence-electron chi connectivity index (χ3n) is 11.9. The molecule has 2 unspecified atom stereocenters. The summed E-state index contributed by atoms with van der Waals surface area (Å²) in [6.07, 6.45) is -1.20. The monoisotopic (exact) mass is 779 g/mol. The van der Waals surface area contributed by atoms with Crippen molar-refractivity contribution in [2.45, 2.75) is 49.1 Å². The summed E-state index contributed by atoms with van der Waals surface area (Å²) in [7, 11) is 0. The zero-order chi connectivity index (χ0) is 40.1. The van der Waals surface area contributed by atoms with Crippen LogP contribution in [-0.4, -0.2) is 44.4 Å². The van der Waals surface area contributed by atoms with Gasteiger partial charge < -0.3 is 5.11 Å². The fourth-order valence-electron chi connectivity index (χ4n) is 8.78. The standard InChI is InChI=1S/C48H33N3O6S/c1-24-25(2)44(58-30-13-5-4-6-14-30)26(3)39-38(24)47(56)51(48(39)57)37-20-17-29(23-50-45(54)32-15-9-10-16-33(32)46(50)55)31-18-19-36(49-41(31)37)40-42(52)34-21-27-11-7-8-12-28(27)22-35(34)43(40)53/h4-22,40,42,52H,23H2,1-3H3. The van der Waals surface area contributed by atoms with E-state index in [9.17, 15) is 29.1 Å². The van der Waals surface area contributed by atoms with Gasteiger partial charge in [-0.1, -0.05) is 78.5 Å². The van der Waals surface area contributed by atoms with Gasteiger partial charge in [0.15, 0.2) is 5.78 Å². The second kappa shape index (κ2) is 13.2. The van der Waals surface area contributed by atoms with Gasteiger partial charge in [-0.3, -0.25) is 28.9 Å². The van der Waals surface area contributed by atoms with Crippen LogP contribution < -0.4 is 4.90 Å². The Bertz CT molecular complexity index is 3000. The molecule has 3 heterocycles. The van der Waals surface area contributed by atoms with Gasteiger partial charge in [-0.05, 0) is 108 Å². The van der Waals surface area contributed by atoms with Gasteiger partial charge in [0.2, 0.25) is 0 Å². The van der Waals surface area contributed by atoms with Gasteiger partial charge in [-0.25, -0.2) is 9.88 Å². The van der Waals surface area contributed by atoms with Gasteiger partial charge in [-0.15, -0.1) is 0 Å². The maximum atomic E-state index is 14.7. The Morgan fingerprint density at radius 3 is 1.95 bits per heavy atom. The highest BCUT2D eigenvalue weighted by Gasteiger charge is 2.44. The molecule has 282 valence electrons. The van der Waals surface area contributed by atoms with Crippen LogP contribution in [0.5, 0.6) is 0 Å². The number of pyridine rings is 1. The van der Waals surface area contributed by atoms with Crippen molar-refractivity contribution >= 4 is 68.5 Å². The molecule has 0 radical (unpaired) electrons. The number of Topliss-reactive ketones (excluding diaryl/α,β-unsaturated/α-hetero) is 1. The van der Waals surface area contributed by atoms with E-state index >= 15 is 0 Å². The van der Waals surface area contributed by atoms with Crippen molar-refractivity contribution in [3.63, 3.8) is 0 Å². The Hall–Kier alpha value is -6.75. The number of hydrogen-bond donors (Lipinski definition) is 1. The first kappa shape index (κ1) is 35.6. The Labute approximate surface area is 336 Å². The Kier molecular flexibility index (Phi) is 8.09. The minimum Gasteiger partial charge on any atom is -0.387 e. The zero-order valence-corrected chi connectivity index (χ0v) is 32.4. The molecule has 0 spiro atoms. The quantitative estimate of drug-likeness (QED) is 0.166. The van der Waals surface area contributed by atoms with Crippen molar-refractivity contribution in [1.29, 1.82) is 0 Å². The number of imide groups is 2. The van der Waals surface area contributed by atoms with E-state index in [-0.39, 0.29) is 29.2 Å². The molecule has 9 nitrogen and oxygen atoms in total. The first-order valence-corrected chi connectivity index (χ1v) is 19.7. The molecule has 10 rings (SSSR count). The molecule has 2 aliphatic heterocycles. The highest BCUT2D eigenvalue weighted by atomic mass is 32.2. The summed E-state index contributed by atoms with van der Waals surface area (Å²) in [6.45, 7) is 5.56. The van der Waals surface area contributed by atoms with Crippen LogP contribution in [0.25, 0.3) is 21.7 Å². The van der Waals surface area contributed by atoms with Gasteiger partial charge in [-0.2, -0.15) is 0 Å². The average molecular weight is 780 g/mol. The van der Waals surface area contributed by atoms with Gasteiger partial charge >= 0.3 is 0 Å². The van der Waals surface area contributed by atoms with E-state index in [0.717, 1.165) is 31.0 Å². The van der Waals surface area contributed by atoms with E-state index in [1.807, 2.05) is 81.4 Å². The van der Waals surface area contributed by atoms with E-state index < -0.39 is 35.7 Å². The number of nitrogens with zero attached hydrogens (tertiary/aromatic N) is 3. The van der Waals surface area contributed by atoms with E-state index in [2.05, 4.69) is 0 Å². The molecule has 4 amide bonds. The van der Waals surface area contributed by atoms with Crippen molar-refractivity contribution in [2.75, 3.05) is 4.90 Å². The van der Waals surface area contributed by atoms with E-state index in [4.69, 9.17) is 4.98 Å². The molecule has 3 aliphatic rings. The number of amides is 4. The van der Waals surface area contributed by atoms with E-state index in [1.165, 1.54) is 16.7 Å². The fourth-order valence-corrected chi connectivity index (χ4v) is 9.87. The summed E-state index contributed by atoms with van der Waals surface area (Å²) in [5.41, 5.74) is 5.66. The molecule has 6 aromatic carbocycles. The van der Waals surface area contributed by atoms with Crippen LogP contribution in [0, 0.1) is 20.8 Å². The number of carbonyl (C=O) groups excluding carboxylic acids is 5. The summed E-state index contributed by atoms with van der Waals surface area (Å²) in [6, 6.07) is 34.4. The lowest BCUT2D eigenvalue weighted by molar-refractivity contribution is 0.0641. The summed E-state index contributed by atoms with van der Waals surface area (Å²) >= 11 is 1.54. The minimum absolute atomic E-state index is 0.104. The number of fused-ring (bicyclic) bond motifs is 5. The number of anilines is 1. The molecular formula is C48H33N3O6S. The lowest BCUT2D eigenvalue weighted by Gasteiger charge is -2.21. The van der Waals surface area contributed by atoms with Gasteiger partial charge in [0.1, 0.15) is 0 Å². The minimum atomic E-state index is -1.20. The summed E-state index contributed by atoms with van der Waals surface area (Å²) in [4.78, 5) is 79.6. The molecular weight excluding hydrogens is 747 g/mol. The normalized spacial score (nSPS) is 17.2. The molecule has 0 saturated carbocycles. The van der Waals surface area contributed by atoms with E-state index in [0.29, 0.717) is 55.5 Å². The topological polar surface area (TPSA) is 125 Å². The van der Waals surface area contributed by atoms with Crippen LogP contribution >= 0.6 is 11.8 Å². The highest BCUT2D eigenvalue weighted by Crippen LogP contribution is 2.46. The highest BCUT2D eigenvalue weighted by molar-refractivity contribution is 7.99. The van der Waals surface area contributed by atoms with Crippen molar-refractivity contribution in [2.24, 2.45) is 0 Å². The van der Waals surface area contributed by atoms with Crippen LogP contribution in [0.15, 0.2) is 125 Å². The summed E-state index contributed by atoms with van der Waals surface area (Å²) in [5, 5.41) is 14.0. The molecule has 2 atom stereocenters. The molecule has 10 heteroatoms. The lowest BCUT2D eigenvalue weighted by atomic mass is 9.94. The van der Waals surface area contributed by atoms with Crippen LogP contribution in [-0.2, 0) is 6.54 Å². The second-order valence-electron chi connectivity index (χ2n) is 15.0. The number of hydrogen-bond acceptors (Lipinski definition) is 8. The Balaban J connectivity index is 1.11. The van der Waals surface area contributed by atoms with Gasteiger partial charge in [0.25, 0.3) is 23.6 Å². The number of carbonyl (C=O) groups is 5. The van der Waals surface area contributed by atoms with Crippen molar-refractivity contribution in [1.82, 2.24) is 9.88 Å². The van der Waals surface area contributed by atoms with Crippen LogP contribution in [0.3, 0.4) is 0 Å². The molecule has 1 N–H and O–H groups in total. The molecule has 0 bridgehead atoms. The van der Waals surface area contributed by atoms with Crippen molar-refractivity contribution in [3.8, 4) is 0 Å². The Morgan fingerprint density at radius 2 is 1.26 bits per heavy atom. The number of ketones is 1. The average Bonchev–Trinajstić information content (AvgIpc) is 3.75. The third-order valence-corrected chi connectivity index (χ3v) is 13.2. The SMILES string of the molecule is Cc1c(C)c2c(c(C)c1Sc1ccccc1)C(=O)N(c1ccc(CN3C(=O)c4ccccc4C3=O)c3ccc(C4C(=O)c5cc6ccccc6cc5C4O)nc13)C2=O. The second-order valence-corrected chi connectivity index (χ2v) is 16.1. The fraction of sp³-hybridized carbons (Fsp3) is 0.125. The molecule has 0 fully saturated rings. The first-order valence-electron chi connectivity index (χ1n) is 18.9. The first-order chi connectivity index (χ1) is 28.0. The van der Waals surface area contributed by atoms with Gasteiger partial charge in [0, 0.05) is 20.7 Å². The van der Waals surface area contributed by atoms with Crippen molar-refractivity contribution < 1.29 is 29.1 Å². The number of benzene rings is 6. The molecule has 0 saturated heterocycles. The van der Waals surface area contributed by atoms with Crippen LogP contribution in [0.1, 0.15) is 97.3 Å². The Morgan fingerprint density at radius 1 is 0.638 bits per heavy atom. The lowest BCUT2D eigenvalue weighted by Crippen LogP contribution is -2.31. The predicted octanol–water partition coefficient (Wildman–Crippen LogP) is 9.07. The summed E-state index contributed by atoms with van der Waals surface area (Å²) < 4.78 is 0. The number of aromatic nitrogens is 1. The maximum absolute atomic E-state index is 14.7.